The fourth-order valence-electron chi connectivity index (χ4n) is 1.95. The van der Waals surface area contributed by atoms with Gasteiger partial charge in [-0.25, -0.2) is 0 Å². The highest BCUT2D eigenvalue weighted by molar-refractivity contribution is 5.91. The summed E-state index contributed by atoms with van der Waals surface area (Å²) >= 11 is 0. The molecule has 0 aliphatic heterocycles. The zero-order chi connectivity index (χ0) is 15.4. The van der Waals surface area contributed by atoms with Crippen LogP contribution in [0.2, 0.25) is 0 Å². The minimum atomic E-state index is -0.459. The van der Waals surface area contributed by atoms with Crippen molar-refractivity contribution in [3.05, 3.63) is 64.0 Å². The minimum Gasteiger partial charge on any atom is -0.320 e. The second-order valence-electron chi connectivity index (χ2n) is 4.80. The molecule has 0 fully saturated rings. The van der Waals surface area contributed by atoms with Gasteiger partial charge in [-0.2, -0.15) is 4.57 Å². The van der Waals surface area contributed by atoms with Crippen molar-refractivity contribution >= 4 is 17.3 Å². The smallest absolute Gasteiger partial charge is 0.290 e. The number of carbonyl (C=O) groups excluding carboxylic acids is 1. The average Bonchev–Trinajstić information content (AvgIpc) is 2.43. The van der Waals surface area contributed by atoms with Crippen LogP contribution >= 0.6 is 0 Å². The Bertz CT molecular complexity index is 681. The predicted molar refractivity (Wildman–Crippen MR) is 77.8 cm³/mol. The maximum Gasteiger partial charge on any atom is 0.290 e. The van der Waals surface area contributed by atoms with E-state index < -0.39 is 4.92 Å². The average molecular weight is 286 g/mol. The van der Waals surface area contributed by atoms with Gasteiger partial charge >= 0.3 is 0 Å². The standard InChI is InChI=1S/C15H15N3O3/c1-11-6-8-17(9-7-11)10-15(19)16-13-4-3-5-14(12(13)2)18(20)21/h3-9H,10H2,1-2H3/p+1. The van der Waals surface area contributed by atoms with Crippen LogP contribution in [0.3, 0.4) is 0 Å². The van der Waals surface area contributed by atoms with E-state index in [0.717, 1.165) is 5.56 Å². The number of amides is 1. The van der Waals surface area contributed by atoms with Gasteiger partial charge in [0.2, 0.25) is 6.54 Å². The highest BCUT2D eigenvalue weighted by Crippen LogP contribution is 2.24. The maximum atomic E-state index is 12.0. The summed E-state index contributed by atoms with van der Waals surface area (Å²) in [6, 6.07) is 8.44. The lowest BCUT2D eigenvalue weighted by atomic mass is 10.1. The molecule has 0 bridgehead atoms. The summed E-state index contributed by atoms with van der Waals surface area (Å²) in [6.07, 6.45) is 3.63. The molecule has 0 aliphatic carbocycles. The summed E-state index contributed by atoms with van der Waals surface area (Å²) in [4.78, 5) is 22.4. The van der Waals surface area contributed by atoms with E-state index in [9.17, 15) is 14.9 Å². The number of rotatable bonds is 4. The molecule has 21 heavy (non-hydrogen) atoms. The van der Waals surface area contributed by atoms with E-state index in [1.807, 2.05) is 31.5 Å². The Balaban J connectivity index is 2.11. The molecule has 0 saturated heterocycles. The molecule has 1 amide bonds. The third-order valence-corrected chi connectivity index (χ3v) is 3.16. The quantitative estimate of drug-likeness (QED) is 0.531. The van der Waals surface area contributed by atoms with Gasteiger partial charge < -0.3 is 5.32 Å². The zero-order valence-electron chi connectivity index (χ0n) is 11.9. The molecular formula is C15H16N3O3+. The molecule has 0 radical (unpaired) electrons. The number of pyridine rings is 1. The molecule has 0 unspecified atom stereocenters. The van der Waals surface area contributed by atoms with Crippen molar-refractivity contribution in [2.24, 2.45) is 0 Å². The Labute approximate surface area is 122 Å². The summed E-state index contributed by atoms with van der Waals surface area (Å²) in [7, 11) is 0. The second kappa shape index (κ2) is 6.13. The summed E-state index contributed by atoms with van der Waals surface area (Å²) in [5, 5.41) is 13.6. The van der Waals surface area contributed by atoms with Gasteiger partial charge in [0.15, 0.2) is 12.4 Å². The Morgan fingerprint density at radius 2 is 1.90 bits per heavy atom. The van der Waals surface area contributed by atoms with Gasteiger partial charge in [-0.05, 0) is 25.5 Å². The molecule has 2 aromatic rings. The molecule has 6 nitrogen and oxygen atoms in total. The van der Waals surface area contributed by atoms with Gasteiger partial charge in [-0.3, -0.25) is 14.9 Å². The van der Waals surface area contributed by atoms with Crippen molar-refractivity contribution in [3.63, 3.8) is 0 Å². The molecule has 2 rings (SSSR count). The molecule has 0 saturated carbocycles. The molecule has 1 N–H and O–H groups in total. The van der Waals surface area contributed by atoms with Gasteiger partial charge in [-0.1, -0.05) is 6.07 Å². The lowest BCUT2D eigenvalue weighted by Gasteiger charge is -2.07. The first kappa shape index (κ1) is 14.6. The number of nitrogens with zero attached hydrogens (tertiary/aromatic N) is 2. The number of hydrogen-bond donors (Lipinski definition) is 1. The number of nitro benzene ring substituents is 1. The normalized spacial score (nSPS) is 10.2. The number of carbonyl (C=O) groups is 1. The number of anilines is 1. The van der Waals surface area contributed by atoms with E-state index in [0.29, 0.717) is 11.3 Å². The third-order valence-electron chi connectivity index (χ3n) is 3.16. The van der Waals surface area contributed by atoms with Crippen molar-refractivity contribution in [3.8, 4) is 0 Å². The molecule has 108 valence electrons. The monoisotopic (exact) mass is 286 g/mol. The van der Waals surface area contributed by atoms with E-state index in [1.54, 1.807) is 23.6 Å². The van der Waals surface area contributed by atoms with Crippen LogP contribution in [-0.2, 0) is 11.3 Å². The van der Waals surface area contributed by atoms with Crippen LogP contribution < -0.4 is 9.88 Å². The third kappa shape index (κ3) is 3.62. The summed E-state index contributed by atoms with van der Waals surface area (Å²) in [6.45, 7) is 3.74. The first-order valence-electron chi connectivity index (χ1n) is 6.47. The van der Waals surface area contributed by atoms with Gasteiger partial charge in [0.1, 0.15) is 0 Å². The summed E-state index contributed by atoms with van der Waals surface area (Å²) in [5.74, 6) is -0.229. The first-order chi connectivity index (χ1) is 9.97. The molecule has 0 aliphatic rings. The van der Waals surface area contributed by atoms with Crippen molar-refractivity contribution < 1.29 is 14.3 Å². The number of hydrogen-bond acceptors (Lipinski definition) is 3. The Kier molecular flexibility index (Phi) is 4.27. The van der Waals surface area contributed by atoms with Crippen LogP contribution in [0.25, 0.3) is 0 Å². The number of aromatic nitrogens is 1. The fourth-order valence-corrected chi connectivity index (χ4v) is 1.95. The summed E-state index contributed by atoms with van der Waals surface area (Å²) in [5.41, 5.74) is 2.02. The maximum absolute atomic E-state index is 12.0. The molecule has 1 aromatic heterocycles. The number of benzene rings is 1. The molecule has 0 spiro atoms. The predicted octanol–water partition coefficient (Wildman–Crippen LogP) is 2.14. The van der Waals surface area contributed by atoms with Crippen LogP contribution in [0.5, 0.6) is 0 Å². The fraction of sp³-hybridized carbons (Fsp3) is 0.200. The summed E-state index contributed by atoms with van der Waals surface area (Å²) < 4.78 is 1.75. The highest BCUT2D eigenvalue weighted by atomic mass is 16.6. The van der Waals surface area contributed by atoms with Crippen LogP contribution in [0.1, 0.15) is 11.1 Å². The zero-order valence-corrected chi connectivity index (χ0v) is 11.9. The second-order valence-corrected chi connectivity index (χ2v) is 4.80. The van der Waals surface area contributed by atoms with E-state index >= 15 is 0 Å². The van der Waals surface area contributed by atoms with Crippen molar-refractivity contribution in [2.75, 3.05) is 5.32 Å². The molecule has 6 heteroatoms. The topological polar surface area (TPSA) is 76.1 Å². The lowest BCUT2D eigenvalue weighted by Crippen LogP contribution is -2.39. The van der Waals surface area contributed by atoms with Gasteiger partial charge in [0.25, 0.3) is 11.6 Å². The van der Waals surface area contributed by atoms with E-state index in [-0.39, 0.29) is 18.1 Å². The highest BCUT2D eigenvalue weighted by Gasteiger charge is 2.16. The van der Waals surface area contributed by atoms with Crippen molar-refractivity contribution in [1.29, 1.82) is 0 Å². The van der Waals surface area contributed by atoms with Gasteiger partial charge in [0, 0.05) is 18.2 Å². The molecule has 0 atom stereocenters. The first-order valence-corrected chi connectivity index (χ1v) is 6.47. The SMILES string of the molecule is Cc1cc[n+](CC(=O)Nc2cccc([N+](=O)[O-])c2C)cc1. The van der Waals surface area contributed by atoms with Crippen molar-refractivity contribution in [2.45, 2.75) is 20.4 Å². The Morgan fingerprint density at radius 3 is 2.52 bits per heavy atom. The Hall–Kier alpha value is -2.76. The van der Waals surface area contributed by atoms with Gasteiger partial charge in [0.05, 0.1) is 16.2 Å². The van der Waals surface area contributed by atoms with Crippen LogP contribution in [0, 0.1) is 24.0 Å². The van der Waals surface area contributed by atoms with Crippen LogP contribution in [0.15, 0.2) is 42.7 Å². The van der Waals surface area contributed by atoms with E-state index in [2.05, 4.69) is 5.32 Å². The lowest BCUT2D eigenvalue weighted by molar-refractivity contribution is -0.684. The Morgan fingerprint density at radius 1 is 1.24 bits per heavy atom. The largest absolute Gasteiger partial charge is 0.320 e. The molecular weight excluding hydrogens is 270 g/mol. The van der Waals surface area contributed by atoms with E-state index in [1.165, 1.54) is 6.07 Å². The minimum absolute atomic E-state index is 0.00390. The number of aryl methyl sites for hydroxylation is 1. The number of nitrogens with one attached hydrogen (secondary N) is 1. The molecule has 1 aromatic carbocycles. The molecule has 1 heterocycles. The number of nitro groups is 1. The van der Waals surface area contributed by atoms with Crippen LogP contribution in [0.4, 0.5) is 11.4 Å². The van der Waals surface area contributed by atoms with Crippen molar-refractivity contribution in [1.82, 2.24) is 0 Å². The van der Waals surface area contributed by atoms with E-state index in [4.69, 9.17) is 0 Å². The van der Waals surface area contributed by atoms with Crippen LogP contribution in [-0.4, -0.2) is 10.8 Å². The van der Waals surface area contributed by atoms with Gasteiger partial charge in [-0.15, -0.1) is 0 Å².